The molecule has 1 aliphatic heterocycles. The van der Waals surface area contributed by atoms with Gasteiger partial charge in [0, 0.05) is 20.2 Å². The van der Waals surface area contributed by atoms with E-state index in [9.17, 15) is 0 Å². The summed E-state index contributed by atoms with van der Waals surface area (Å²) in [5.74, 6) is 4.89. The maximum absolute atomic E-state index is 5.58. The summed E-state index contributed by atoms with van der Waals surface area (Å²) in [6, 6.07) is 0. The van der Waals surface area contributed by atoms with Gasteiger partial charge >= 0.3 is 0 Å². The van der Waals surface area contributed by atoms with Crippen molar-refractivity contribution in [3.05, 3.63) is 11.6 Å². The Morgan fingerprint density at radius 2 is 2.38 bits per heavy atom. The van der Waals surface area contributed by atoms with Gasteiger partial charge in [-0.1, -0.05) is 5.92 Å². The number of aliphatic imine (C=N–C) groups is 1. The molecule has 0 amide bonds. The molecule has 114 valence electrons. The van der Waals surface area contributed by atoms with Crippen LogP contribution in [0.3, 0.4) is 0 Å². The first-order valence-electron chi connectivity index (χ1n) is 7.13. The Morgan fingerprint density at radius 3 is 3.00 bits per heavy atom. The Kier molecular flexibility index (Phi) is 5.58. The zero-order valence-corrected chi connectivity index (χ0v) is 12.6. The van der Waals surface area contributed by atoms with Crippen molar-refractivity contribution in [3.63, 3.8) is 0 Å². The predicted molar refractivity (Wildman–Crippen MR) is 80.7 cm³/mol. The third-order valence-electron chi connectivity index (χ3n) is 3.44. The van der Waals surface area contributed by atoms with Crippen LogP contribution in [0.1, 0.15) is 24.5 Å². The van der Waals surface area contributed by atoms with Gasteiger partial charge in [-0.15, -0.1) is 16.6 Å². The number of terminal acetylenes is 1. The first kappa shape index (κ1) is 15.3. The summed E-state index contributed by atoms with van der Waals surface area (Å²) in [5.41, 5.74) is 0. The van der Waals surface area contributed by atoms with Crippen LogP contribution in [0.2, 0.25) is 0 Å². The normalized spacial score (nSPS) is 18.5. The van der Waals surface area contributed by atoms with Gasteiger partial charge in [-0.05, 0) is 19.8 Å². The molecule has 0 aliphatic carbocycles. The highest BCUT2D eigenvalue weighted by Crippen LogP contribution is 2.10. The SMILES string of the molecule is C#CCNC(=NCc1nnc(C)n1C)NCC1CCCO1. The third kappa shape index (κ3) is 4.46. The summed E-state index contributed by atoms with van der Waals surface area (Å²) in [7, 11) is 1.93. The molecule has 0 saturated carbocycles. The molecular weight excluding hydrogens is 268 g/mol. The first-order valence-corrected chi connectivity index (χ1v) is 7.13. The Morgan fingerprint density at radius 1 is 1.52 bits per heavy atom. The molecule has 0 spiro atoms. The topological polar surface area (TPSA) is 76.4 Å². The molecule has 21 heavy (non-hydrogen) atoms. The van der Waals surface area contributed by atoms with Crippen molar-refractivity contribution < 1.29 is 4.74 Å². The number of ether oxygens (including phenoxy) is 1. The van der Waals surface area contributed by atoms with Crippen LogP contribution in [-0.2, 0) is 18.3 Å². The molecule has 2 N–H and O–H groups in total. The van der Waals surface area contributed by atoms with Crippen LogP contribution < -0.4 is 10.6 Å². The fourth-order valence-electron chi connectivity index (χ4n) is 2.06. The lowest BCUT2D eigenvalue weighted by molar-refractivity contribution is 0.114. The van der Waals surface area contributed by atoms with E-state index in [2.05, 4.69) is 31.7 Å². The van der Waals surface area contributed by atoms with E-state index in [1.165, 1.54) is 0 Å². The number of aromatic nitrogens is 3. The van der Waals surface area contributed by atoms with Crippen LogP contribution in [0, 0.1) is 19.3 Å². The number of guanidine groups is 1. The third-order valence-corrected chi connectivity index (χ3v) is 3.44. The van der Waals surface area contributed by atoms with Crippen LogP contribution in [0.5, 0.6) is 0 Å². The van der Waals surface area contributed by atoms with Gasteiger partial charge in [0.2, 0.25) is 0 Å². The molecule has 7 heteroatoms. The highest BCUT2D eigenvalue weighted by Gasteiger charge is 2.15. The average Bonchev–Trinajstić information content (AvgIpc) is 3.11. The second kappa shape index (κ2) is 7.64. The van der Waals surface area contributed by atoms with E-state index in [1.54, 1.807) is 0 Å². The van der Waals surface area contributed by atoms with Crippen LogP contribution in [0.25, 0.3) is 0 Å². The molecule has 1 saturated heterocycles. The van der Waals surface area contributed by atoms with Crippen molar-refractivity contribution in [2.45, 2.75) is 32.4 Å². The van der Waals surface area contributed by atoms with Crippen molar-refractivity contribution in [1.29, 1.82) is 0 Å². The van der Waals surface area contributed by atoms with Crippen LogP contribution in [0.4, 0.5) is 0 Å². The van der Waals surface area contributed by atoms with Gasteiger partial charge in [-0.3, -0.25) is 0 Å². The zero-order valence-electron chi connectivity index (χ0n) is 12.6. The largest absolute Gasteiger partial charge is 0.376 e. The quantitative estimate of drug-likeness (QED) is 0.452. The Labute approximate surface area is 125 Å². The summed E-state index contributed by atoms with van der Waals surface area (Å²) in [4.78, 5) is 4.49. The van der Waals surface area contributed by atoms with E-state index < -0.39 is 0 Å². The van der Waals surface area contributed by atoms with Gasteiger partial charge in [0.05, 0.1) is 12.6 Å². The summed E-state index contributed by atoms with van der Waals surface area (Å²) in [6.07, 6.45) is 7.73. The lowest BCUT2D eigenvalue weighted by Crippen LogP contribution is -2.41. The number of rotatable bonds is 5. The number of nitrogens with one attached hydrogen (secondary N) is 2. The molecule has 1 aliphatic rings. The van der Waals surface area contributed by atoms with Crippen LogP contribution in [-0.4, -0.2) is 46.5 Å². The molecule has 2 rings (SSSR count). The molecule has 0 radical (unpaired) electrons. The molecular formula is C14H22N6O. The van der Waals surface area contributed by atoms with E-state index in [1.807, 2.05) is 18.5 Å². The summed E-state index contributed by atoms with van der Waals surface area (Å²) in [5, 5.41) is 14.4. The monoisotopic (exact) mass is 290 g/mol. The molecule has 0 bridgehead atoms. The van der Waals surface area contributed by atoms with E-state index in [4.69, 9.17) is 11.2 Å². The maximum Gasteiger partial charge on any atom is 0.192 e. The highest BCUT2D eigenvalue weighted by atomic mass is 16.5. The van der Waals surface area contributed by atoms with Crippen LogP contribution >= 0.6 is 0 Å². The van der Waals surface area contributed by atoms with Gasteiger partial charge in [0.1, 0.15) is 12.4 Å². The Balaban J connectivity index is 1.92. The van der Waals surface area contributed by atoms with Crippen molar-refractivity contribution in [2.24, 2.45) is 12.0 Å². The maximum atomic E-state index is 5.58. The second-order valence-electron chi connectivity index (χ2n) is 4.96. The summed E-state index contributed by atoms with van der Waals surface area (Å²) >= 11 is 0. The Bertz CT molecular complexity index is 524. The predicted octanol–water partition coefficient (Wildman–Crippen LogP) is -0.0291. The van der Waals surface area contributed by atoms with Crippen molar-refractivity contribution in [2.75, 3.05) is 19.7 Å². The van der Waals surface area contributed by atoms with E-state index in [-0.39, 0.29) is 6.10 Å². The Hall–Kier alpha value is -2.07. The minimum Gasteiger partial charge on any atom is -0.376 e. The molecule has 0 aromatic carbocycles. The fourth-order valence-corrected chi connectivity index (χ4v) is 2.06. The number of hydrogen-bond donors (Lipinski definition) is 2. The lowest BCUT2D eigenvalue weighted by atomic mass is 10.2. The van der Waals surface area contributed by atoms with Crippen LogP contribution in [0.15, 0.2) is 4.99 Å². The minimum absolute atomic E-state index is 0.250. The molecule has 1 aromatic rings. The van der Waals surface area contributed by atoms with Crippen molar-refractivity contribution in [1.82, 2.24) is 25.4 Å². The molecule has 7 nitrogen and oxygen atoms in total. The van der Waals surface area contributed by atoms with Gasteiger partial charge in [-0.2, -0.15) is 0 Å². The zero-order chi connectivity index (χ0) is 15.1. The van der Waals surface area contributed by atoms with Gasteiger partial charge in [-0.25, -0.2) is 4.99 Å². The van der Waals surface area contributed by atoms with E-state index in [0.717, 1.165) is 37.6 Å². The average molecular weight is 290 g/mol. The molecule has 1 fully saturated rings. The lowest BCUT2D eigenvalue weighted by Gasteiger charge is -2.14. The standard InChI is InChI=1S/C14H22N6O/c1-4-7-15-14(16-9-12-6-5-8-21-12)17-10-13-19-18-11(2)20(13)3/h1,12H,5-10H2,2-3H3,(H2,15,16,17). The molecule has 1 atom stereocenters. The smallest absolute Gasteiger partial charge is 0.192 e. The summed E-state index contributed by atoms with van der Waals surface area (Å²) in [6.45, 7) is 4.36. The summed E-state index contributed by atoms with van der Waals surface area (Å²) < 4.78 is 7.50. The number of aryl methyl sites for hydroxylation is 1. The van der Waals surface area contributed by atoms with Gasteiger partial charge < -0.3 is 19.9 Å². The van der Waals surface area contributed by atoms with Gasteiger partial charge in [0.25, 0.3) is 0 Å². The second-order valence-corrected chi connectivity index (χ2v) is 4.96. The molecule has 1 aromatic heterocycles. The number of hydrogen-bond acceptors (Lipinski definition) is 4. The van der Waals surface area contributed by atoms with Crippen molar-refractivity contribution in [3.8, 4) is 12.3 Å². The highest BCUT2D eigenvalue weighted by molar-refractivity contribution is 5.80. The van der Waals surface area contributed by atoms with Gasteiger partial charge in [0.15, 0.2) is 11.8 Å². The van der Waals surface area contributed by atoms with E-state index in [0.29, 0.717) is 19.0 Å². The molecule has 1 unspecified atom stereocenters. The van der Waals surface area contributed by atoms with E-state index >= 15 is 0 Å². The van der Waals surface area contributed by atoms with Crippen molar-refractivity contribution >= 4 is 5.96 Å². The number of nitrogens with zero attached hydrogens (tertiary/aromatic N) is 4. The minimum atomic E-state index is 0.250. The fraction of sp³-hybridized carbons (Fsp3) is 0.643. The molecule has 2 heterocycles. The first-order chi connectivity index (χ1) is 10.2.